The first-order valence-corrected chi connectivity index (χ1v) is 5.67. The van der Waals surface area contributed by atoms with Gasteiger partial charge < -0.3 is 5.11 Å². The standard InChI is InChI=1S/C8H8BrNO2S/c9-6-5(10-4-13-6)8(7(11)12)2-1-3-8/h4H,1-3H2,(H,11,12). The van der Waals surface area contributed by atoms with E-state index in [4.69, 9.17) is 5.11 Å². The van der Waals surface area contributed by atoms with Crippen molar-refractivity contribution in [2.24, 2.45) is 0 Å². The Hall–Kier alpha value is -0.420. The van der Waals surface area contributed by atoms with Crippen LogP contribution in [0.4, 0.5) is 0 Å². The van der Waals surface area contributed by atoms with E-state index in [1.807, 2.05) is 0 Å². The second-order valence-corrected chi connectivity index (χ2v) is 5.39. The largest absolute Gasteiger partial charge is 0.481 e. The number of carboxylic acids is 1. The van der Waals surface area contributed by atoms with E-state index in [2.05, 4.69) is 20.9 Å². The van der Waals surface area contributed by atoms with Gasteiger partial charge in [0.15, 0.2) is 0 Å². The van der Waals surface area contributed by atoms with Crippen molar-refractivity contribution in [1.82, 2.24) is 4.98 Å². The summed E-state index contributed by atoms with van der Waals surface area (Å²) >= 11 is 4.78. The third-order valence-electron chi connectivity index (χ3n) is 2.59. The molecule has 3 nitrogen and oxygen atoms in total. The summed E-state index contributed by atoms with van der Waals surface area (Å²) in [5.41, 5.74) is 1.69. The molecule has 1 aromatic rings. The van der Waals surface area contributed by atoms with Crippen molar-refractivity contribution in [3.05, 3.63) is 15.0 Å². The van der Waals surface area contributed by atoms with E-state index in [9.17, 15) is 4.79 Å². The van der Waals surface area contributed by atoms with Gasteiger partial charge in [-0.1, -0.05) is 6.42 Å². The molecule has 1 aliphatic rings. The normalized spacial score (nSPS) is 19.5. The summed E-state index contributed by atoms with van der Waals surface area (Å²) in [4.78, 5) is 15.2. The van der Waals surface area contributed by atoms with Crippen molar-refractivity contribution in [3.8, 4) is 0 Å². The molecule has 0 unspecified atom stereocenters. The first-order chi connectivity index (χ1) is 6.17. The smallest absolute Gasteiger partial charge is 0.315 e. The highest BCUT2D eigenvalue weighted by atomic mass is 79.9. The predicted octanol–water partition coefficient (Wildman–Crippen LogP) is 2.41. The van der Waals surface area contributed by atoms with Crippen molar-refractivity contribution >= 4 is 33.2 Å². The Morgan fingerprint density at radius 1 is 1.69 bits per heavy atom. The molecule has 1 saturated carbocycles. The van der Waals surface area contributed by atoms with E-state index in [0.717, 1.165) is 10.2 Å². The van der Waals surface area contributed by atoms with Gasteiger partial charge in [0, 0.05) is 0 Å². The Morgan fingerprint density at radius 3 is 2.69 bits per heavy atom. The van der Waals surface area contributed by atoms with Gasteiger partial charge in [-0.2, -0.15) is 0 Å². The van der Waals surface area contributed by atoms with Gasteiger partial charge in [0.2, 0.25) is 0 Å². The van der Waals surface area contributed by atoms with Crippen LogP contribution in [0, 0.1) is 0 Å². The quantitative estimate of drug-likeness (QED) is 0.890. The molecule has 0 radical (unpaired) electrons. The summed E-state index contributed by atoms with van der Waals surface area (Å²) < 4.78 is 0.856. The molecule has 13 heavy (non-hydrogen) atoms. The number of aromatic nitrogens is 1. The zero-order valence-electron chi connectivity index (χ0n) is 6.79. The average Bonchev–Trinajstić information content (AvgIpc) is 2.34. The van der Waals surface area contributed by atoms with Crippen LogP contribution >= 0.6 is 27.3 Å². The first-order valence-electron chi connectivity index (χ1n) is 4.00. The van der Waals surface area contributed by atoms with Gasteiger partial charge >= 0.3 is 5.97 Å². The third kappa shape index (κ3) is 1.21. The fourth-order valence-corrected chi connectivity index (χ4v) is 2.97. The topological polar surface area (TPSA) is 50.2 Å². The van der Waals surface area contributed by atoms with Crippen molar-refractivity contribution in [3.63, 3.8) is 0 Å². The van der Waals surface area contributed by atoms with Crippen molar-refractivity contribution in [2.45, 2.75) is 24.7 Å². The maximum Gasteiger partial charge on any atom is 0.315 e. The van der Waals surface area contributed by atoms with E-state index in [-0.39, 0.29) is 0 Å². The maximum absolute atomic E-state index is 11.1. The SMILES string of the molecule is O=C(O)C1(c2ncsc2Br)CCC1. The molecule has 0 atom stereocenters. The molecule has 5 heteroatoms. The zero-order chi connectivity index (χ0) is 9.47. The number of nitrogens with zero attached hydrogens (tertiary/aromatic N) is 1. The molecule has 0 spiro atoms. The van der Waals surface area contributed by atoms with Crippen LogP contribution in [0.3, 0.4) is 0 Å². The van der Waals surface area contributed by atoms with Crippen molar-refractivity contribution < 1.29 is 9.90 Å². The minimum atomic E-state index is -0.745. The number of rotatable bonds is 2. The zero-order valence-corrected chi connectivity index (χ0v) is 9.19. The number of halogens is 1. The fourth-order valence-electron chi connectivity index (χ4n) is 1.63. The molecule has 0 aromatic carbocycles. The van der Waals surface area contributed by atoms with E-state index in [0.29, 0.717) is 18.5 Å². The molecule has 1 heterocycles. The highest BCUT2D eigenvalue weighted by Gasteiger charge is 2.48. The first kappa shape index (κ1) is 9.15. The molecular weight excluding hydrogens is 254 g/mol. The van der Waals surface area contributed by atoms with Gasteiger partial charge in [-0.25, -0.2) is 4.98 Å². The summed E-state index contributed by atoms with van der Waals surface area (Å²) in [6, 6.07) is 0. The predicted molar refractivity (Wildman–Crippen MR) is 53.0 cm³/mol. The summed E-state index contributed by atoms with van der Waals surface area (Å²) in [6.45, 7) is 0. The lowest BCUT2D eigenvalue weighted by atomic mass is 9.67. The number of carboxylic acid groups (broad SMARTS) is 1. The number of aliphatic carboxylic acids is 1. The molecule has 1 aliphatic carbocycles. The lowest BCUT2D eigenvalue weighted by molar-refractivity contribution is -0.147. The molecule has 2 rings (SSSR count). The second kappa shape index (κ2) is 3.06. The lowest BCUT2D eigenvalue weighted by Crippen LogP contribution is -2.42. The van der Waals surface area contributed by atoms with Crippen LogP contribution < -0.4 is 0 Å². The summed E-state index contributed by atoms with van der Waals surface area (Å²) in [7, 11) is 0. The fraction of sp³-hybridized carbons (Fsp3) is 0.500. The van der Waals surface area contributed by atoms with Gasteiger partial charge in [0.1, 0.15) is 5.41 Å². The second-order valence-electron chi connectivity index (χ2n) is 3.22. The Labute approximate surface area is 87.9 Å². The van der Waals surface area contributed by atoms with Gasteiger partial charge in [-0.05, 0) is 28.8 Å². The average molecular weight is 262 g/mol. The third-order valence-corrected chi connectivity index (χ3v) is 4.14. The summed E-state index contributed by atoms with van der Waals surface area (Å²) in [6.07, 6.45) is 2.41. The minimum Gasteiger partial charge on any atom is -0.481 e. The highest BCUT2D eigenvalue weighted by Crippen LogP contribution is 2.46. The minimum absolute atomic E-state index is 0.696. The monoisotopic (exact) mass is 261 g/mol. The van der Waals surface area contributed by atoms with Gasteiger partial charge in [0.05, 0.1) is 15.0 Å². The summed E-state index contributed by atoms with van der Waals surface area (Å²) in [5, 5.41) is 9.12. The number of hydrogen-bond acceptors (Lipinski definition) is 3. The van der Waals surface area contributed by atoms with E-state index >= 15 is 0 Å². The molecule has 0 saturated heterocycles. The Balaban J connectivity index is 2.43. The lowest BCUT2D eigenvalue weighted by Gasteiger charge is -2.36. The molecule has 1 aromatic heterocycles. The van der Waals surface area contributed by atoms with E-state index in [1.54, 1.807) is 5.51 Å². The van der Waals surface area contributed by atoms with Crippen LogP contribution in [-0.4, -0.2) is 16.1 Å². The number of hydrogen-bond donors (Lipinski definition) is 1. The van der Waals surface area contributed by atoms with Crippen LogP contribution in [0.15, 0.2) is 9.30 Å². The molecular formula is C8H8BrNO2S. The Morgan fingerprint density at radius 2 is 2.38 bits per heavy atom. The van der Waals surface area contributed by atoms with Crippen LogP contribution in [0.5, 0.6) is 0 Å². The van der Waals surface area contributed by atoms with E-state index in [1.165, 1.54) is 11.3 Å². The van der Waals surface area contributed by atoms with Gasteiger partial charge in [-0.3, -0.25) is 4.79 Å². The number of carbonyl (C=O) groups is 1. The van der Waals surface area contributed by atoms with Gasteiger partial charge in [-0.15, -0.1) is 11.3 Å². The molecule has 0 amide bonds. The number of thiazole rings is 1. The molecule has 1 N–H and O–H groups in total. The molecule has 0 bridgehead atoms. The van der Waals surface area contributed by atoms with Crippen LogP contribution in [0.25, 0.3) is 0 Å². The maximum atomic E-state index is 11.1. The van der Waals surface area contributed by atoms with Crippen LogP contribution in [0.2, 0.25) is 0 Å². The Bertz CT molecular complexity index is 346. The Kier molecular flexibility index (Phi) is 2.15. The van der Waals surface area contributed by atoms with Crippen LogP contribution in [0.1, 0.15) is 25.0 Å². The summed E-state index contributed by atoms with van der Waals surface area (Å²) in [5.74, 6) is -0.745. The van der Waals surface area contributed by atoms with Crippen molar-refractivity contribution in [2.75, 3.05) is 0 Å². The molecule has 0 aliphatic heterocycles. The van der Waals surface area contributed by atoms with E-state index < -0.39 is 11.4 Å². The molecule has 1 fully saturated rings. The highest BCUT2D eigenvalue weighted by molar-refractivity contribution is 9.11. The van der Waals surface area contributed by atoms with Crippen LogP contribution in [-0.2, 0) is 10.2 Å². The molecule has 70 valence electrons. The van der Waals surface area contributed by atoms with Gasteiger partial charge in [0.25, 0.3) is 0 Å². The van der Waals surface area contributed by atoms with Crippen molar-refractivity contribution in [1.29, 1.82) is 0 Å².